The molecule has 0 radical (unpaired) electrons. The number of carbonyl (C=O) groups is 1. The van der Waals surface area contributed by atoms with E-state index in [0.29, 0.717) is 0 Å². The van der Waals surface area contributed by atoms with Crippen LogP contribution in [0.4, 0.5) is 5.69 Å². The summed E-state index contributed by atoms with van der Waals surface area (Å²) in [6, 6.07) is 10.4. The third-order valence-electron chi connectivity index (χ3n) is 4.89. The van der Waals surface area contributed by atoms with E-state index in [2.05, 4.69) is 41.0 Å². The molecule has 2 aliphatic rings. The van der Waals surface area contributed by atoms with Crippen LogP contribution in [0.1, 0.15) is 13.8 Å². The highest BCUT2D eigenvalue weighted by atomic mass is 16.5. The van der Waals surface area contributed by atoms with Crippen LogP contribution >= 0.6 is 0 Å². The lowest BCUT2D eigenvalue weighted by molar-refractivity contribution is -0.139. The molecule has 2 atom stereocenters. The fraction of sp³-hybridized carbons (Fsp3) is 0.611. The molecule has 1 aromatic rings. The highest BCUT2D eigenvalue weighted by molar-refractivity contribution is 5.81. The Balaban J connectivity index is 1.53. The van der Waals surface area contributed by atoms with Gasteiger partial charge >= 0.3 is 0 Å². The normalized spacial score (nSPS) is 24.5. The number of hydrogen-bond donors (Lipinski definition) is 0. The van der Waals surface area contributed by atoms with Crippen LogP contribution in [-0.2, 0) is 9.53 Å². The van der Waals surface area contributed by atoms with E-state index in [9.17, 15) is 4.79 Å². The van der Waals surface area contributed by atoms with Gasteiger partial charge in [-0.25, -0.2) is 0 Å². The molecule has 3 rings (SSSR count). The molecule has 2 fully saturated rings. The monoisotopic (exact) mass is 317 g/mol. The number of carbonyl (C=O) groups excluding carboxylic acids is 1. The first-order chi connectivity index (χ1) is 11.1. The smallest absolute Gasteiger partial charge is 0.239 e. The molecule has 2 aliphatic heterocycles. The van der Waals surface area contributed by atoms with Crippen LogP contribution in [0.3, 0.4) is 0 Å². The van der Waals surface area contributed by atoms with Gasteiger partial charge in [-0.2, -0.15) is 0 Å². The summed E-state index contributed by atoms with van der Waals surface area (Å²) in [5.41, 5.74) is 1.25. The van der Waals surface area contributed by atoms with Gasteiger partial charge in [0.1, 0.15) is 0 Å². The Kier molecular flexibility index (Phi) is 5.18. The zero-order chi connectivity index (χ0) is 16.2. The van der Waals surface area contributed by atoms with Gasteiger partial charge in [0, 0.05) is 45.0 Å². The molecule has 2 heterocycles. The van der Waals surface area contributed by atoms with Crippen molar-refractivity contribution in [3.05, 3.63) is 30.3 Å². The lowest BCUT2D eigenvalue weighted by Gasteiger charge is -2.40. The molecule has 2 unspecified atom stereocenters. The molecule has 0 aromatic heterocycles. The van der Waals surface area contributed by atoms with Crippen molar-refractivity contribution in [2.45, 2.75) is 26.0 Å². The molecule has 23 heavy (non-hydrogen) atoms. The summed E-state index contributed by atoms with van der Waals surface area (Å²) in [7, 11) is 0. The zero-order valence-corrected chi connectivity index (χ0v) is 14.1. The SMILES string of the molecule is CC1CN(C(C)C(=O)N2CCN(c3ccccc3)CC2)CCO1. The summed E-state index contributed by atoms with van der Waals surface area (Å²) in [6.07, 6.45) is 0.217. The van der Waals surface area contributed by atoms with Crippen molar-refractivity contribution in [3.8, 4) is 0 Å². The maximum absolute atomic E-state index is 12.8. The topological polar surface area (TPSA) is 36.0 Å². The molecular weight excluding hydrogens is 290 g/mol. The molecule has 126 valence electrons. The molecule has 0 aliphatic carbocycles. The average Bonchev–Trinajstić information content (AvgIpc) is 2.61. The number of rotatable bonds is 3. The van der Waals surface area contributed by atoms with Gasteiger partial charge in [-0.05, 0) is 26.0 Å². The van der Waals surface area contributed by atoms with Gasteiger partial charge in [-0.1, -0.05) is 18.2 Å². The summed E-state index contributed by atoms with van der Waals surface area (Å²) in [4.78, 5) is 19.4. The minimum atomic E-state index is -0.0513. The Labute approximate surface area is 138 Å². The van der Waals surface area contributed by atoms with Crippen LogP contribution in [0, 0.1) is 0 Å². The van der Waals surface area contributed by atoms with Crippen LogP contribution in [0.2, 0.25) is 0 Å². The number of morpholine rings is 1. The van der Waals surface area contributed by atoms with Gasteiger partial charge in [0.2, 0.25) is 5.91 Å². The quantitative estimate of drug-likeness (QED) is 0.845. The molecule has 2 saturated heterocycles. The zero-order valence-electron chi connectivity index (χ0n) is 14.1. The predicted molar refractivity (Wildman–Crippen MR) is 91.7 cm³/mol. The van der Waals surface area contributed by atoms with Gasteiger partial charge in [0.05, 0.1) is 18.8 Å². The van der Waals surface area contributed by atoms with Crippen molar-refractivity contribution < 1.29 is 9.53 Å². The van der Waals surface area contributed by atoms with Crippen LogP contribution in [0.15, 0.2) is 30.3 Å². The average molecular weight is 317 g/mol. The van der Waals surface area contributed by atoms with E-state index in [1.807, 2.05) is 17.9 Å². The van der Waals surface area contributed by atoms with E-state index in [1.165, 1.54) is 5.69 Å². The summed E-state index contributed by atoms with van der Waals surface area (Å²) < 4.78 is 5.57. The second-order valence-corrected chi connectivity index (χ2v) is 6.50. The van der Waals surface area contributed by atoms with Crippen molar-refractivity contribution in [1.29, 1.82) is 0 Å². The summed E-state index contributed by atoms with van der Waals surface area (Å²) in [6.45, 7) is 9.94. The molecule has 5 heteroatoms. The number of hydrogen-bond acceptors (Lipinski definition) is 4. The maximum atomic E-state index is 12.8. The van der Waals surface area contributed by atoms with Crippen molar-refractivity contribution >= 4 is 11.6 Å². The number of piperazine rings is 1. The van der Waals surface area contributed by atoms with E-state index in [0.717, 1.165) is 45.9 Å². The fourth-order valence-corrected chi connectivity index (χ4v) is 3.44. The second kappa shape index (κ2) is 7.32. The van der Waals surface area contributed by atoms with Crippen LogP contribution in [-0.4, -0.2) is 73.7 Å². The first-order valence-electron chi connectivity index (χ1n) is 8.59. The standard InChI is InChI=1S/C18H27N3O2/c1-15-14-21(12-13-23-15)16(2)18(22)20-10-8-19(9-11-20)17-6-4-3-5-7-17/h3-7,15-16H,8-14H2,1-2H3. The molecule has 0 saturated carbocycles. The number of amides is 1. The summed E-state index contributed by atoms with van der Waals surface area (Å²) >= 11 is 0. The molecule has 1 aromatic carbocycles. The van der Waals surface area contributed by atoms with Gasteiger partial charge in [0.15, 0.2) is 0 Å². The first kappa shape index (κ1) is 16.3. The van der Waals surface area contributed by atoms with Gasteiger partial charge in [0.25, 0.3) is 0 Å². The lowest BCUT2D eigenvalue weighted by atomic mass is 10.1. The minimum absolute atomic E-state index is 0.0513. The minimum Gasteiger partial charge on any atom is -0.376 e. The molecule has 0 bridgehead atoms. The van der Waals surface area contributed by atoms with Gasteiger partial charge in [-0.3, -0.25) is 9.69 Å². The van der Waals surface area contributed by atoms with Crippen molar-refractivity contribution in [1.82, 2.24) is 9.80 Å². The Morgan fingerprint density at radius 3 is 2.48 bits per heavy atom. The van der Waals surface area contributed by atoms with Crippen molar-refractivity contribution in [2.75, 3.05) is 50.8 Å². The van der Waals surface area contributed by atoms with E-state index in [4.69, 9.17) is 4.74 Å². The summed E-state index contributed by atoms with van der Waals surface area (Å²) in [5, 5.41) is 0. The maximum Gasteiger partial charge on any atom is 0.239 e. The van der Waals surface area contributed by atoms with Gasteiger partial charge in [-0.15, -0.1) is 0 Å². The number of nitrogens with zero attached hydrogens (tertiary/aromatic N) is 3. The third-order valence-corrected chi connectivity index (χ3v) is 4.89. The number of para-hydroxylation sites is 1. The molecule has 0 spiro atoms. The highest BCUT2D eigenvalue weighted by Gasteiger charge is 2.30. The van der Waals surface area contributed by atoms with E-state index in [1.54, 1.807) is 0 Å². The Morgan fingerprint density at radius 1 is 1.13 bits per heavy atom. The largest absolute Gasteiger partial charge is 0.376 e. The first-order valence-corrected chi connectivity index (χ1v) is 8.59. The Bertz CT molecular complexity index is 514. The molecular formula is C18H27N3O2. The summed E-state index contributed by atoms with van der Waals surface area (Å²) in [5.74, 6) is 0.256. The molecule has 0 N–H and O–H groups in total. The Hall–Kier alpha value is -1.59. The van der Waals surface area contributed by atoms with E-state index < -0.39 is 0 Å². The van der Waals surface area contributed by atoms with E-state index >= 15 is 0 Å². The second-order valence-electron chi connectivity index (χ2n) is 6.50. The van der Waals surface area contributed by atoms with Gasteiger partial charge < -0.3 is 14.5 Å². The molecule has 1 amide bonds. The lowest BCUT2D eigenvalue weighted by Crippen LogP contribution is -2.56. The van der Waals surface area contributed by atoms with Crippen LogP contribution in [0.25, 0.3) is 0 Å². The van der Waals surface area contributed by atoms with Crippen LogP contribution < -0.4 is 4.90 Å². The number of benzene rings is 1. The highest BCUT2D eigenvalue weighted by Crippen LogP contribution is 2.17. The van der Waals surface area contributed by atoms with Crippen molar-refractivity contribution in [2.24, 2.45) is 0 Å². The van der Waals surface area contributed by atoms with E-state index in [-0.39, 0.29) is 18.1 Å². The van der Waals surface area contributed by atoms with Crippen LogP contribution in [0.5, 0.6) is 0 Å². The third kappa shape index (κ3) is 3.85. The number of anilines is 1. The Morgan fingerprint density at radius 2 is 1.83 bits per heavy atom. The van der Waals surface area contributed by atoms with Crippen molar-refractivity contribution in [3.63, 3.8) is 0 Å². The number of ether oxygens (including phenoxy) is 1. The predicted octanol–water partition coefficient (Wildman–Crippen LogP) is 1.44. The fourth-order valence-electron chi connectivity index (χ4n) is 3.44. The molecule has 5 nitrogen and oxygen atoms in total.